The van der Waals surface area contributed by atoms with Crippen LogP contribution in [0, 0.1) is 0 Å². The van der Waals surface area contributed by atoms with Gasteiger partial charge in [-0.15, -0.1) is 0 Å². The van der Waals surface area contributed by atoms with Crippen LogP contribution in [0.3, 0.4) is 0 Å². The molecule has 2 aromatic rings. The summed E-state index contributed by atoms with van der Waals surface area (Å²) in [4.78, 5) is 2.46. The molecule has 2 aromatic carbocycles. The predicted octanol–water partition coefficient (Wildman–Crippen LogP) is 4.09. The Hall–Kier alpha value is -2.36. The number of nitrogens with one attached hydrogen (secondary N) is 1. The van der Waals surface area contributed by atoms with Crippen LogP contribution in [0.5, 0.6) is 11.5 Å². The second-order valence-electron chi connectivity index (χ2n) is 5.73. The van der Waals surface area contributed by atoms with Crippen molar-refractivity contribution >= 4 is 11.4 Å². The van der Waals surface area contributed by atoms with Crippen LogP contribution in [0.4, 0.5) is 11.4 Å². The highest BCUT2D eigenvalue weighted by Crippen LogP contribution is 2.43. The number of benzene rings is 2. The first-order valence-electron chi connectivity index (χ1n) is 8.10. The fraction of sp³-hybridized carbons (Fsp3) is 0.368. The molecule has 23 heavy (non-hydrogen) atoms. The summed E-state index contributed by atoms with van der Waals surface area (Å²) in [6.45, 7) is 4.10. The highest BCUT2D eigenvalue weighted by atomic mass is 16.5. The van der Waals surface area contributed by atoms with Crippen molar-refractivity contribution in [2.75, 3.05) is 37.5 Å². The van der Waals surface area contributed by atoms with Gasteiger partial charge in [-0.3, -0.25) is 0 Å². The second-order valence-corrected chi connectivity index (χ2v) is 5.73. The smallest absolute Gasteiger partial charge is 0.162 e. The molecule has 4 nitrogen and oxygen atoms in total. The lowest BCUT2D eigenvalue weighted by atomic mass is 10.0. The van der Waals surface area contributed by atoms with Crippen molar-refractivity contribution in [1.82, 2.24) is 0 Å². The van der Waals surface area contributed by atoms with E-state index < -0.39 is 0 Å². The van der Waals surface area contributed by atoms with Crippen LogP contribution in [0.25, 0.3) is 0 Å². The molecular formula is C19H24N2O2. The maximum absolute atomic E-state index is 5.49. The second kappa shape index (κ2) is 6.82. The van der Waals surface area contributed by atoms with Crippen LogP contribution < -0.4 is 19.7 Å². The Bertz CT molecular complexity index is 658. The molecule has 0 spiro atoms. The highest BCUT2D eigenvalue weighted by Gasteiger charge is 2.28. The van der Waals surface area contributed by atoms with Gasteiger partial charge in [0.1, 0.15) is 0 Å². The molecule has 0 aromatic heterocycles. The fourth-order valence-corrected chi connectivity index (χ4v) is 3.22. The molecule has 1 aliphatic heterocycles. The van der Waals surface area contributed by atoms with E-state index in [0.29, 0.717) is 6.04 Å². The number of hydrogen-bond donors (Lipinski definition) is 1. The van der Waals surface area contributed by atoms with Crippen molar-refractivity contribution in [2.45, 2.75) is 19.4 Å². The van der Waals surface area contributed by atoms with Crippen molar-refractivity contribution in [3.05, 3.63) is 48.0 Å². The summed E-state index contributed by atoms with van der Waals surface area (Å²) in [5.74, 6) is 1.52. The van der Waals surface area contributed by atoms with E-state index in [0.717, 1.165) is 36.7 Å². The Balaban J connectivity index is 2.04. The van der Waals surface area contributed by atoms with Gasteiger partial charge >= 0.3 is 0 Å². The van der Waals surface area contributed by atoms with Gasteiger partial charge in [-0.1, -0.05) is 37.3 Å². The first-order chi connectivity index (χ1) is 11.3. The zero-order valence-corrected chi connectivity index (χ0v) is 14.0. The van der Waals surface area contributed by atoms with E-state index in [1.54, 1.807) is 14.2 Å². The van der Waals surface area contributed by atoms with Crippen LogP contribution in [0.1, 0.15) is 24.9 Å². The Morgan fingerprint density at radius 3 is 2.43 bits per heavy atom. The quantitative estimate of drug-likeness (QED) is 0.902. The maximum Gasteiger partial charge on any atom is 0.162 e. The molecule has 0 aliphatic carbocycles. The Kier molecular flexibility index (Phi) is 4.60. The number of ether oxygens (including phenoxy) is 2. The van der Waals surface area contributed by atoms with E-state index in [-0.39, 0.29) is 0 Å². The molecule has 0 fully saturated rings. The summed E-state index contributed by atoms with van der Waals surface area (Å²) >= 11 is 0. The molecular weight excluding hydrogens is 288 g/mol. The average molecular weight is 312 g/mol. The van der Waals surface area contributed by atoms with Crippen molar-refractivity contribution in [1.29, 1.82) is 0 Å². The molecule has 4 heteroatoms. The van der Waals surface area contributed by atoms with Crippen molar-refractivity contribution in [3.8, 4) is 11.5 Å². The van der Waals surface area contributed by atoms with Gasteiger partial charge in [0, 0.05) is 25.2 Å². The Labute approximate surface area is 138 Å². The van der Waals surface area contributed by atoms with Gasteiger partial charge in [0.15, 0.2) is 11.5 Å². The van der Waals surface area contributed by atoms with Crippen LogP contribution in [0.2, 0.25) is 0 Å². The first-order valence-corrected chi connectivity index (χ1v) is 8.10. The van der Waals surface area contributed by atoms with E-state index in [2.05, 4.69) is 53.5 Å². The number of rotatable bonds is 5. The monoisotopic (exact) mass is 312 g/mol. The fourth-order valence-electron chi connectivity index (χ4n) is 3.22. The predicted molar refractivity (Wildman–Crippen MR) is 94.9 cm³/mol. The molecule has 0 radical (unpaired) electrons. The molecule has 0 saturated carbocycles. The molecule has 0 saturated heterocycles. The normalized spacial score (nSPS) is 16.5. The van der Waals surface area contributed by atoms with Crippen LogP contribution in [-0.4, -0.2) is 27.3 Å². The summed E-state index contributed by atoms with van der Waals surface area (Å²) in [5.41, 5.74) is 3.60. The van der Waals surface area contributed by atoms with Crippen molar-refractivity contribution < 1.29 is 9.47 Å². The minimum Gasteiger partial charge on any atom is -0.493 e. The number of anilines is 2. The van der Waals surface area contributed by atoms with Gasteiger partial charge in [-0.25, -0.2) is 0 Å². The summed E-state index contributed by atoms with van der Waals surface area (Å²) in [7, 11) is 3.35. The minimum absolute atomic E-state index is 0.321. The zero-order valence-electron chi connectivity index (χ0n) is 14.0. The van der Waals surface area contributed by atoms with Crippen LogP contribution in [0.15, 0.2) is 42.5 Å². The number of fused-ring (bicyclic) bond motifs is 1. The van der Waals surface area contributed by atoms with Gasteiger partial charge in [0.25, 0.3) is 0 Å². The summed E-state index contributed by atoms with van der Waals surface area (Å²) in [5, 5.41) is 3.55. The topological polar surface area (TPSA) is 33.7 Å². The first kappa shape index (κ1) is 15.5. The van der Waals surface area contributed by atoms with Gasteiger partial charge < -0.3 is 19.7 Å². The number of methoxy groups -OCH3 is 2. The Morgan fingerprint density at radius 2 is 1.78 bits per heavy atom. The lowest BCUT2D eigenvalue weighted by Gasteiger charge is -2.40. The zero-order chi connectivity index (χ0) is 16.2. The van der Waals surface area contributed by atoms with E-state index in [9.17, 15) is 0 Å². The van der Waals surface area contributed by atoms with E-state index in [1.165, 1.54) is 11.3 Å². The van der Waals surface area contributed by atoms with Crippen LogP contribution in [-0.2, 0) is 0 Å². The molecule has 1 atom stereocenters. The van der Waals surface area contributed by atoms with Crippen molar-refractivity contribution in [3.63, 3.8) is 0 Å². The standard InChI is InChI=1S/C19H24N2O2/c1-4-10-21-16-12-19(23-3)18(22-2)11-15(16)20-13-17(21)14-8-6-5-7-9-14/h5-9,11-12,17,20H,4,10,13H2,1-3H3. The van der Waals surface area contributed by atoms with Crippen molar-refractivity contribution in [2.24, 2.45) is 0 Å². The third-order valence-corrected chi connectivity index (χ3v) is 4.32. The number of nitrogens with zero attached hydrogens (tertiary/aromatic N) is 1. The van der Waals surface area contributed by atoms with Crippen LogP contribution >= 0.6 is 0 Å². The van der Waals surface area contributed by atoms with E-state index in [1.807, 2.05) is 6.07 Å². The summed E-state index contributed by atoms with van der Waals surface area (Å²) < 4.78 is 10.9. The van der Waals surface area contributed by atoms with Gasteiger partial charge in [-0.2, -0.15) is 0 Å². The van der Waals surface area contributed by atoms with Gasteiger partial charge in [0.05, 0.1) is 31.6 Å². The molecule has 1 aliphatic rings. The number of hydrogen-bond acceptors (Lipinski definition) is 4. The Morgan fingerprint density at radius 1 is 1.09 bits per heavy atom. The highest BCUT2D eigenvalue weighted by molar-refractivity contribution is 5.77. The van der Waals surface area contributed by atoms with E-state index in [4.69, 9.17) is 9.47 Å². The maximum atomic E-state index is 5.49. The molecule has 1 heterocycles. The molecule has 122 valence electrons. The largest absolute Gasteiger partial charge is 0.493 e. The molecule has 1 unspecified atom stereocenters. The third kappa shape index (κ3) is 2.93. The molecule has 0 amide bonds. The molecule has 3 rings (SSSR count). The summed E-state index contributed by atoms with van der Waals surface area (Å²) in [6, 6.07) is 15.1. The SMILES string of the molecule is CCCN1c2cc(OC)c(OC)cc2NCC1c1ccccc1. The minimum atomic E-state index is 0.321. The molecule has 0 bridgehead atoms. The average Bonchev–Trinajstić information content (AvgIpc) is 2.61. The van der Waals surface area contributed by atoms with Gasteiger partial charge in [0.2, 0.25) is 0 Å². The lowest BCUT2D eigenvalue weighted by Crippen LogP contribution is -2.38. The third-order valence-electron chi connectivity index (χ3n) is 4.32. The molecule has 1 N–H and O–H groups in total. The summed E-state index contributed by atoms with van der Waals surface area (Å²) in [6.07, 6.45) is 1.09. The van der Waals surface area contributed by atoms with Gasteiger partial charge in [-0.05, 0) is 12.0 Å². The van der Waals surface area contributed by atoms with E-state index >= 15 is 0 Å². The lowest BCUT2D eigenvalue weighted by molar-refractivity contribution is 0.355.